The van der Waals surface area contributed by atoms with Gasteiger partial charge in [-0.3, -0.25) is 25.2 Å². The van der Waals surface area contributed by atoms with E-state index in [-0.39, 0.29) is 18.6 Å². The Balaban J connectivity index is 1.78. The lowest BCUT2D eigenvalue weighted by Crippen LogP contribution is -2.41. The van der Waals surface area contributed by atoms with Crippen LogP contribution in [0.2, 0.25) is 0 Å². The molecule has 2 aromatic carbocycles. The summed E-state index contributed by atoms with van der Waals surface area (Å²) in [5.41, 5.74) is 6.87. The van der Waals surface area contributed by atoms with Crippen molar-refractivity contribution in [3.63, 3.8) is 0 Å². The van der Waals surface area contributed by atoms with Crippen molar-refractivity contribution in [1.82, 2.24) is 10.9 Å². The number of ketones is 1. The van der Waals surface area contributed by atoms with Crippen molar-refractivity contribution in [2.24, 2.45) is 0 Å². The Kier molecular flexibility index (Phi) is 7.53. The molecule has 0 bridgehead atoms. The maximum absolute atomic E-state index is 12.1. The van der Waals surface area contributed by atoms with Gasteiger partial charge in [0.1, 0.15) is 0 Å². The molecule has 2 N–H and O–H groups in total. The third-order valence-corrected chi connectivity index (χ3v) is 4.52. The minimum atomic E-state index is -0.427. The summed E-state index contributed by atoms with van der Waals surface area (Å²) in [4.78, 5) is 36.0. The van der Waals surface area contributed by atoms with Crippen LogP contribution in [-0.4, -0.2) is 17.6 Å². The molecular weight excluding hydrogens is 396 g/mol. The average Bonchev–Trinajstić information content (AvgIpc) is 2.65. The highest BCUT2D eigenvalue weighted by atomic mass is 79.9. The zero-order chi connectivity index (χ0) is 18.9. The Bertz CT molecular complexity index is 788. The Morgan fingerprint density at radius 2 is 1.62 bits per heavy atom. The van der Waals surface area contributed by atoms with Gasteiger partial charge < -0.3 is 0 Å². The molecule has 0 aliphatic carbocycles. The summed E-state index contributed by atoms with van der Waals surface area (Å²) in [5, 5.41) is 0. The van der Waals surface area contributed by atoms with Gasteiger partial charge in [-0.05, 0) is 40.0 Å². The molecule has 136 valence electrons. The zero-order valence-corrected chi connectivity index (χ0v) is 16.1. The fourth-order valence-corrected chi connectivity index (χ4v) is 2.88. The number of hydrogen-bond acceptors (Lipinski definition) is 3. The summed E-state index contributed by atoms with van der Waals surface area (Å²) in [6, 6.07) is 14.4. The van der Waals surface area contributed by atoms with Gasteiger partial charge in [-0.2, -0.15) is 0 Å². The fourth-order valence-electron chi connectivity index (χ4n) is 2.42. The number of carbonyl (C=O) groups is 3. The van der Waals surface area contributed by atoms with Crippen LogP contribution in [0, 0.1) is 0 Å². The molecule has 0 aromatic heterocycles. The predicted octanol–water partition coefficient (Wildman–Crippen LogP) is 3.83. The number of rotatable bonds is 7. The van der Waals surface area contributed by atoms with Crippen molar-refractivity contribution in [2.45, 2.75) is 32.6 Å². The number of hydrogen-bond donors (Lipinski definition) is 2. The van der Waals surface area contributed by atoms with Gasteiger partial charge in [-0.15, -0.1) is 0 Å². The highest BCUT2D eigenvalue weighted by Crippen LogP contribution is 2.15. The number of aryl methyl sites for hydroxylation is 1. The lowest BCUT2D eigenvalue weighted by molar-refractivity contribution is -0.121. The number of nitrogens with one attached hydrogen (secondary N) is 2. The standard InChI is InChI=1S/C20H21BrN2O3/c1-2-5-14-8-10-15(11-9-14)18(24)12-13-19(25)22-23-20(26)16-6-3-4-7-17(16)21/h3-4,6-11H,2,5,12-13H2,1H3,(H,22,25)(H,23,26). The summed E-state index contributed by atoms with van der Waals surface area (Å²) in [6.45, 7) is 2.10. The second kappa shape index (κ2) is 9.87. The Hall–Kier alpha value is -2.47. The Morgan fingerprint density at radius 1 is 0.923 bits per heavy atom. The third-order valence-electron chi connectivity index (χ3n) is 3.83. The molecule has 2 aromatic rings. The minimum Gasteiger partial charge on any atom is -0.294 e. The lowest BCUT2D eigenvalue weighted by atomic mass is 10.0. The highest BCUT2D eigenvalue weighted by Gasteiger charge is 2.12. The van der Waals surface area contributed by atoms with Crippen LogP contribution in [0.3, 0.4) is 0 Å². The van der Waals surface area contributed by atoms with E-state index < -0.39 is 11.8 Å². The van der Waals surface area contributed by atoms with Gasteiger partial charge in [0.2, 0.25) is 5.91 Å². The molecule has 0 fully saturated rings. The van der Waals surface area contributed by atoms with Crippen LogP contribution in [-0.2, 0) is 11.2 Å². The molecular formula is C20H21BrN2O3. The Labute approximate surface area is 161 Å². The van der Waals surface area contributed by atoms with Crippen LogP contribution in [0.4, 0.5) is 0 Å². The maximum Gasteiger partial charge on any atom is 0.270 e. The number of Topliss-reactive ketones (excluding diaryl/α,β-unsaturated/α-hetero) is 1. The molecule has 5 nitrogen and oxygen atoms in total. The van der Waals surface area contributed by atoms with Crippen LogP contribution in [0.1, 0.15) is 52.5 Å². The molecule has 0 atom stereocenters. The minimum absolute atomic E-state index is 0.00574. The summed E-state index contributed by atoms with van der Waals surface area (Å²) in [5.74, 6) is -0.939. The molecule has 2 amide bonds. The van der Waals surface area contributed by atoms with Crippen LogP contribution in [0.25, 0.3) is 0 Å². The molecule has 0 aliphatic heterocycles. The van der Waals surface area contributed by atoms with Gasteiger partial charge >= 0.3 is 0 Å². The van der Waals surface area contributed by atoms with Gasteiger partial charge in [0.15, 0.2) is 5.78 Å². The van der Waals surface area contributed by atoms with E-state index in [9.17, 15) is 14.4 Å². The van der Waals surface area contributed by atoms with E-state index in [2.05, 4.69) is 33.7 Å². The molecule has 0 spiro atoms. The van der Waals surface area contributed by atoms with E-state index in [1.807, 2.05) is 12.1 Å². The normalized spacial score (nSPS) is 10.2. The fraction of sp³-hybridized carbons (Fsp3) is 0.250. The Morgan fingerprint density at radius 3 is 2.27 bits per heavy atom. The first-order valence-corrected chi connectivity index (χ1v) is 9.26. The van der Waals surface area contributed by atoms with Gasteiger partial charge in [0.25, 0.3) is 5.91 Å². The van der Waals surface area contributed by atoms with Gasteiger partial charge in [0.05, 0.1) is 5.56 Å². The maximum atomic E-state index is 12.1. The zero-order valence-electron chi connectivity index (χ0n) is 14.5. The number of amides is 2. The molecule has 0 saturated carbocycles. The largest absolute Gasteiger partial charge is 0.294 e. The molecule has 0 radical (unpaired) electrons. The van der Waals surface area contributed by atoms with Crippen LogP contribution >= 0.6 is 15.9 Å². The molecule has 0 unspecified atom stereocenters. The second-order valence-corrected chi connectivity index (χ2v) is 6.71. The summed E-state index contributed by atoms with van der Waals surface area (Å²) >= 11 is 3.28. The average molecular weight is 417 g/mol. The van der Waals surface area contributed by atoms with E-state index in [1.165, 1.54) is 5.56 Å². The van der Waals surface area contributed by atoms with Crippen molar-refractivity contribution >= 4 is 33.5 Å². The monoisotopic (exact) mass is 416 g/mol. The first-order valence-electron chi connectivity index (χ1n) is 8.47. The van der Waals surface area contributed by atoms with Gasteiger partial charge in [0, 0.05) is 22.9 Å². The smallest absolute Gasteiger partial charge is 0.270 e. The number of hydrazine groups is 1. The molecule has 0 heterocycles. The molecule has 2 rings (SSSR count). The van der Waals surface area contributed by atoms with Crippen molar-refractivity contribution in [1.29, 1.82) is 0 Å². The van der Waals surface area contributed by atoms with Crippen LogP contribution in [0.5, 0.6) is 0 Å². The van der Waals surface area contributed by atoms with E-state index in [1.54, 1.807) is 36.4 Å². The van der Waals surface area contributed by atoms with E-state index >= 15 is 0 Å². The third kappa shape index (κ3) is 5.81. The number of carbonyl (C=O) groups excluding carboxylic acids is 3. The van der Waals surface area contributed by atoms with Crippen molar-refractivity contribution < 1.29 is 14.4 Å². The van der Waals surface area contributed by atoms with Gasteiger partial charge in [-0.25, -0.2) is 0 Å². The molecule has 0 saturated heterocycles. The molecule has 6 heteroatoms. The number of halogens is 1. The van der Waals surface area contributed by atoms with E-state index in [0.717, 1.165) is 12.8 Å². The quantitative estimate of drug-likeness (QED) is 0.531. The highest BCUT2D eigenvalue weighted by molar-refractivity contribution is 9.10. The molecule has 26 heavy (non-hydrogen) atoms. The van der Waals surface area contributed by atoms with Gasteiger partial charge in [-0.1, -0.05) is 49.7 Å². The summed E-state index contributed by atoms with van der Waals surface area (Å²) < 4.78 is 0.633. The van der Waals surface area contributed by atoms with Crippen LogP contribution < -0.4 is 10.9 Å². The van der Waals surface area contributed by atoms with E-state index in [4.69, 9.17) is 0 Å². The first-order chi connectivity index (χ1) is 12.5. The van der Waals surface area contributed by atoms with Crippen molar-refractivity contribution in [3.8, 4) is 0 Å². The lowest BCUT2D eigenvalue weighted by Gasteiger charge is -2.08. The summed E-state index contributed by atoms with van der Waals surface area (Å²) in [6.07, 6.45) is 2.13. The first kappa shape index (κ1) is 19.8. The molecule has 0 aliphatic rings. The number of benzene rings is 2. The SMILES string of the molecule is CCCc1ccc(C(=O)CCC(=O)NNC(=O)c2ccccc2Br)cc1. The topological polar surface area (TPSA) is 75.3 Å². The van der Waals surface area contributed by atoms with Crippen LogP contribution in [0.15, 0.2) is 53.0 Å². The second-order valence-electron chi connectivity index (χ2n) is 5.85. The van der Waals surface area contributed by atoms with Crippen molar-refractivity contribution in [3.05, 3.63) is 69.7 Å². The van der Waals surface area contributed by atoms with E-state index in [0.29, 0.717) is 15.6 Å². The van der Waals surface area contributed by atoms with Crippen molar-refractivity contribution in [2.75, 3.05) is 0 Å². The predicted molar refractivity (Wildman–Crippen MR) is 104 cm³/mol. The summed E-state index contributed by atoms with van der Waals surface area (Å²) in [7, 11) is 0.